The minimum atomic E-state index is -0.957. The Labute approximate surface area is 249 Å². The van der Waals surface area contributed by atoms with Crippen molar-refractivity contribution in [1.82, 2.24) is 15.4 Å². The molecule has 2 aliphatic rings. The molecule has 3 atom stereocenters. The quantitative estimate of drug-likeness (QED) is 0.183. The van der Waals surface area contributed by atoms with Gasteiger partial charge < -0.3 is 24.2 Å². The summed E-state index contributed by atoms with van der Waals surface area (Å²) in [6.45, 7) is 4.55. The monoisotopic (exact) mass is 619 g/mol. The third kappa shape index (κ3) is 5.27. The van der Waals surface area contributed by atoms with Gasteiger partial charge in [0.2, 0.25) is 12.7 Å². The Bertz CT molecular complexity index is 1560. The standard InChI is InChI=1S/C27H24Cl2N4O7S/c1-13-17(19(31-40-13)18-15(28)8-5-9-16(18)29)22(34)30-20-23(35)33-21(27(2,3)41-24(20)33)26(37)39-12-38-25(36)14-7-6-10-32(4)11-14/h5-11,20-21,24H,12H2,1-4H3/p+1/t20-,21+,24-/m0/s1. The summed E-state index contributed by atoms with van der Waals surface area (Å²) in [5, 5.41) is 6.77. The topological polar surface area (TPSA) is 132 Å². The highest BCUT2D eigenvalue weighted by atomic mass is 35.5. The number of halogens is 2. The molecule has 1 aromatic carbocycles. The molecule has 0 bridgehead atoms. The lowest BCUT2D eigenvalue weighted by Gasteiger charge is -2.43. The Balaban J connectivity index is 1.26. The van der Waals surface area contributed by atoms with Gasteiger partial charge >= 0.3 is 11.9 Å². The minimum absolute atomic E-state index is 0.0956. The van der Waals surface area contributed by atoms with E-state index < -0.39 is 52.8 Å². The maximum atomic E-state index is 13.4. The molecule has 0 saturated carbocycles. The van der Waals surface area contributed by atoms with Crippen LogP contribution in [0.2, 0.25) is 10.0 Å². The van der Waals surface area contributed by atoms with Crippen LogP contribution in [0.15, 0.2) is 47.2 Å². The number of nitrogens with one attached hydrogen (secondary N) is 1. The summed E-state index contributed by atoms with van der Waals surface area (Å²) >= 11 is 14.0. The molecule has 0 spiro atoms. The second-order valence-corrected chi connectivity index (χ2v) is 12.6. The van der Waals surface area contributed by atoms with Crippen molar-refractivity contribution in [2.45, 2.75) is 43.0 Å². The zero-order valence-corrected chi connectivity index (χ0v) is 24.7. The summed E-state index contributed by atoms with van der Waals surface area (Å²) in [6.07, 6.45) is 3.33. The van der Waals surface area contributed by atoms with E-state index in [1.54, 1.807) is 75.1 Å². The average molecular weight is 620 g/mol. The molecular formula is C27H25Cl2N4O7S+. The van der Waals surface area contributed by atoms with Gasteiger partial charge in [0, 0.05) is 16.4 Å². The number of hydrogen-bond donors (Lipinski definition) is 1. The molecule has 214 valence electrons. The van der Waals surface area contributed by atoms with Gasteiger partial charge in [-0.1, -0.05) is 34.4 Å². The largest absolute Gasteiger partial charge is 0.426 e. The van der Waals surface area contributed by atoms with Crippen LogP contribution in [0.25, 0.3) is 11.3 Å². The number of amides is 2. The lowest BCUT2D eigenvalue weighted by Crippen LogP contribution is -2.70. The van der Waals surface area contributed by atoms with Crippen LogP contribution < -0.4 is 9.88 Å². The number of fused-ring (bicyclic) bond motifs is 1. The Morgan fingerprint density at radius 1 is 1.17 bits per heavy atom. The van der Waals surface area contributed by atoms with E-state index in [-0.39, 0.29) is 27.1 Å². The van der Waals surface area contributed by atoms with Crippen LogP contribution in [-0.2, 0) is 26.1 Å². The van der Waals surface area contributed by atoms with Crippen molar-refractivity contribution in [2.24, 2.45) is 7.05 Å². The van der Waals surface area contributed by atoms with Gasteiger partial charge in [0.25, 0.3) is 5.91 Å². The molecule has 2 aromatic heterocycles. The fourth-order valence-corrected chi connectivity index (χ4v) is 7.08. The first-order chi connectivity index (χ1) is 19.4. The lowest BCUT2D eigenvalue weighted by molar-refractivity contribution is -0.671. The van der Waals surface area contributed by atoms with E-state index in [0.717, 1.165) is 0 Å². The number of carbonyl (C=O) groups excluding carboxylic acids is 4. The summed E-state index contributed by atoms with van der Waals surface area (Å²) in [5.74, 6) is -2.21. The second kappa shape index (κ2) is 11.0. The highest BCUT2D eigenvalue weighted by molar-refractivity contribution is 8.01. The van der Waals surface area contributed by atoms with Crippen molar-refractivity contribution in [1.29, 1.82) is 0 Å². The van der Waals surface area contributed by atoms with Crippen LogP contribution in [0, 0.1) is 6.92 Å². The van der Waals surface area contributed by atoms with E-state index in [9.17, 15) is 19.2 Å². The Morgan fingerprint density at radius 3 is 2.56 bits per heavy atom. The minimum Gasteiger partial charge on any atom is -0.426 e. The third-order valence-electron chi connectivity index (χ3n) is 6.81. The maximum absolute atomic E-state index is 13.4. The molecular weight excluding hydrogens is 595 g/mol. The van der Waals surface area contributed by atoms with Gasteiger partial charge in [0.05, 0.1) is 10.0 Å². The number of ether oxygens (including phenoxy) is 2. The second-order valence-electron chi connectivity index (χ2n) is 10.0. The van der Waals surface area contributed by atoms with E-state index >= 15 is 0 Å². The number of aryl methyl sites for hydroxylation is 2. The number of benzene rings is 1. The lowest BCUT2D eigenvalue weighted by atomic mass is 9.95. The predicted molar refractivity (Wildman–Crippen MR) is 148 cm³/mol. The summed E-state index contributed by atoms with van der Waals surface area (Å²) in [7, 11) is 1.76. The molecule has 41 heavy (non-hydrogen) atoms. The van der Waals surface area contributed by atoms with Gasteiger partial charge in [-0.15, -0.1) is 11.8 Å². The number of aromatic nitrogens is 2. The molecule has 0 unspecified atom stereocenters. The van der Waals surface area contributed by atoms with Crippen molar-refractivity contribution >= 4 is 58.7 Å². The van der Waals surface area contributed by atoms with E-state index in [0.29, 0.717) is 11.1 Å². The van der Waals surface area contributed by atoms with Gasteiger partial charge in [-0.3, -0.25) is 9.59 Å². The van der Waals surface area contributed by atoms with Crippen molar-refractivity contribution in [3.63, 3.8) is 0 Å². The highest BCUT2D eigenvalue weighted by Gasteiger charge is 2.64. The fraction of sp³-hybridized carbons (Fsp3) is 0.333. The van der Waals surface area contributed by atoms with Crippen LogP contribution in [-0.4, -0.2) is 62.8 Å². The predicted octanol–water partition coefficient (Wildman–Crippen LogP) is 3.30. The first kappa shape index (κ1) is 28.9. The Hall–Kier alpha value is -3.61. The smallest absolute Gasteiger partial charge is 0.347 e. The normalized spacial score (nSPS) is 20.7. The van der Waals surface area contributed by atoms with E-state index in [1.165, 1.54) is 16.7 Å². The highest BCUT2D eigenvalue weighted by Crippen LogP contribution is 2.51. The van der Waals surface area contributed by atoms with Crippen LogP contribution in [0.1, 0.15) is 40.3 Å². The Morgan fingerprint density at radius 2 is 1.88 bits per heavy atom. The van der Waals surface area contributed by atoms with Crippen LogP contribution in [0.5, 0.6) is 0 Å². The van der Waals surface area contributed by atoms with E-state index in [2.05, 4.69) is 10.5 Å². The number of β-lactam (4-membered cyclic amide) rings is 1. The van der Waals surface area contributed by atoms with E-state index in [4.69, 9.17) is 37.2 Å². The Kier molecular flexibility index (Phi) is 7.75. The van der Waals surface area contributed by atoms with Crippen LogP contribution >= 0.6 is 35.0 Å². The molecule has 2 saturated heterocycles. The zero-order valence-electron chi connectivity index (χ0n) is 22.3. The molecule has 11 nitrogen and oxygen atoms in total. The molecule has 3 aromatic rings. The van der Waals surface area contributed by atoms with Crippen molar-refractivity contribution in [3.05, 3.63) is 69.7 Å². The number of carbonyl (C=O) groups is 4. The van der Waals surface area contributed by atoms with Gasteiger partial charge in [-0.05, 0) is 39.0 Å². The number of pyridine rings is 1. The van der Waals surface area contributed by atoms with Crippen LogP contribution in [0.4, 0.5) is 0 Å². The molecule has 4 heterocycles. The molecule has 2 amide bonds. The number of nitrogens with zero attached hydrogens (tertiary/aromatic N) is 3. The average Bonchev–Trinajstić information content (AvgIpc) is 3.41. The maximum Gasteiger partial charge on any atom is 0.347 e. The van der Waals surface area contributed by atoms with Gasteiger partial charge in [0.1, 0.15) is 47.1 Å². The number of thioether (sulfide) groups is 1. The summed E-state index contributed by atoms with van der Waals surface area (Å²) in [5.41, 5.74) is 0.875. The molecule has 1 N–H and O–H groups in total. The van der Waals surface area contributed by atoms with E-state index in [1.807, 2.05) is 0 Å². The third-order valence-corrected chi connectivity index (χ3v) is 9.01. The zero-order chi connectivity index (χ0) is 29.6. The summed E-state index contributed by atoms with van der Waals surface area (Å²) in [6, 6.07) is 6.28. The molecule has 0 radical (unpaired) electrons. The summed E-state index contributed by atoms with van der Waals surface area (Å²) < 4.78 is 16.5. The molecule has 5 rings (SSSR count). The molecule has 2 fully saturated rings. The van der Waals surface area contributed by atoms with Crippen molar-refractivity contribution in [2.75, 3.05) is 6.79 Å². The number of rotatable bonds is 7. The van der Waals surface area contributed by atoms with Gasteiger partial charge in [0.15, 0.2) is 12.4 Å². The SMILES string of the molecule is Cc1onc(-c2c(Cl)cccc2Cl)c1C(=O)N[C@H]1C(=O)N2[C@H]1SC(C)(C)[C@H]2C(=O)OCOC(=O)c1ccc[n+](C)c1. The molecule has 14 heteroatoms. The van der Waals surface area contributed by atoms with Gasteiger partial charge in [-0.25, -0.2) is 14.2 Å². The first-order valence-electron chi connectivity index (χ1n) is 12.4. The fourth-order valence-electron chi connectivity index (χ4n) is 4.89. The van der Waals surface area contributed by atoms with Gasteiger partial charge in [-0.2, -0.15) is 0 Å². The molecule has 0 aliphatic carbocycles. The molecule has 2 aliphatic heterocycles. The number of hydrogen-bond acceptors (Lipinski definition) is 9. The van der Waals surface area contributed by atoms with Crippen molar-refractivity contribution < 1.29 is 37.7 Å². The van der Waals surface area contributed by atoms with Crippen molar-refractivity contribution in [3.8, 4) is 11.3 Å². The number of esters is 2. The first-order valence-corrected chi connectivity index (χ1v) is 14.0. The van der Waals surface area contributed by atoms with Crippen LogP contribution in [0.3, 0.4) is 0 Å². The summed E-state index contributed by atoms with van der Waals surface area (Å²) in [4.78, 5) is 53.3.